The van der Waals surface area contributed by atoms with Crippen LogP contribution in [0.1, 0.15) is 18.7 Å². The second-order valence-electron chi connectivity index (χ2n) is 5.96. The average molecular weight is 300 g/mol. The zero-order valence-electron chi connectivity index (χ0n) is 13.4. The second kappa shape index (κ2) is 6.87. The Morgan fingerprint density at radius 2 is 2.05 bits per heavy atom. The summed E-state index contributed by atoms with van der Waals surface area (Å²) in [6.07, 6.45) is 10.7. The molecule has 22 heavy (non-hydrogen) atoms. The van der Waals surface area contributed by atoms with Gasteiger partial charge in [0.1, 0.15) is 18.0 Å². The Hall–Kier alpha value is -1.95. The molecule has 0 aromatic carbocycles. The minimum absolute atomic E-state index is 0.569. The summed E-state index contributed by atoms with van der Waals surface area (Å²) in [6, 6.07) is 2.55. The molecule has 3 rings (SSSR count). The molecule has 0 bridgehead atoms. The van der Waals surface area contributed by atoms with Gasteiger partial charge >= 0.3 is 0 Å². The zero-order chi connectivity index (χ0) is 15.4. The molecule has 6 nitrogen and oxygen atoms in total. The summed E-state index contributed by atoms with van der Waals surface area (Å²) in [5.74, 6) is 2.18. The lowest BCUT2D eigenvalue weighted by atomic mass is 10.0. The summed E-state index contributed by atoms with van der Waals surface area (Å²) >= 11 is 0. The van der Waals surface area contributed by atoms with E-state index in [1.54, 1.807) is 12.5 Å². The van der Waals surface area contributed by atoms with Gasteiger partial charge in [-0.05, 0) is 18.9 Å². The number of rotatable bonds is 5. The fourth-order valence-electron chi connectivity index (χ4n) is 3.11. The highest BCUT2D eigenvalue weighted by Gasteiger charge is 2.23. The van der Waals surface area contributed by atoms with E-state index in [1.807, 2.05) is 18.5 Å². The summed E-state index contributed by atoms with van der Waals surface area (Å²) < 4.78 is 2.11. The molecule has 0 atom stereocenters. The van der Waals surface area contributed by atoms with Crippen molar-refractivity contribution in [2.45, 2.75) is 25.3 Å². The molecule has 118 valence electrons. The standard InChI is InChI=1S/C16H24N6/c1-20-12-8-18-15(20)6-11-22-9-4-14(5-10-22)21(2)16-3-7-17-13-19-16/h3,7-8,12-14H,4-6,9-11H2,1-2H3. The number of imidazole rings is 1. The molecule has 2 aromatic heterocycles. The Morgan fingerprint density at radius 3 is 2.68 bits per heavy atom. The molecule has 2 aromatic rings. The van der Waals surface area contributed by atoms with Crippen LogP contribution in [-0.2, 0) is 13.5 Å². The van der Waals surface area contributed by atoms with Crippen molar-refractivity contribution in [2.75, 3.05) is 31.6 Å². The van der Waals surface area contributed by atoms with E-state index in [1.165, 1.54) is 18.7 Å². The molecule has 6 heteroatoms. The van der Waals surface area contributed by atoms with Crippen LogP contribution in [0.5, 0.6) is 0 Å². The van der Waals surface area contributed by atoms with E-state index in [4.69, 9.17) is 0 Å². The SMILES string of the molecule is CN(c1ccncn1)C1CCN(CCc2nccn2C)CC1. The van der Waals surface area contributed by atoms with Crippen LogP contribution in [0.2, 0.25) is 0 Å². The summed E-state index contributed by atoms with van der Waals surface area (Å²) in [7, 11) is 4.20. The van der Waals surface area contributed by atoms with E-state index in [9.17, 15) is 0 Å². The van der Waals surface area contributed by atoms with Crippen molar-refractivity contribution < 1.29 is 0 Å². The molecule has 1 aliphatic rings. The van der Waals surface area contributed by atoms with Crippen LogP contribution in [0.25, 0.3) is 0 Å². The van der Waals surface area contributed by atoms with Crippen LogP contribution in [0.4, 0.5) is 5.82 Å². The van der Waals surface area contributed by atoms with Gasteiger partial charge < -0.3 is 14.4 Å². The van der Waals surface area contributed by atoms with E-state index < -0.39 is 0 Å². The van der Waals surface area contributed by atoms with Gasteiger partial charge in [-0.15, -0.1) is 0 Å². The molecule has 1 saturated heterocycles. The van der Waals surface area contributed by atoms with Gasteiger partial charge in [-0.2, -0.15) is 0 Å². The van der Waals surface area contributed by atoms with E-state index in [2.05, 4.69) is 43.4 Å². The quantitative estimate of drug-likeness (QED) is 0.834. The van der Waals surface area contributed by atoms with Gasteiger partial charge in [0.05, 0.1) is 0 Å². The Morgan fingerprint density at radius 1 is 1.23 bits per heavy atom. The molecule has 0 radical (unpaired) electrons. The third kappa shape index (κ3) is 3.44. The maximum Gasteiger partial charge on any atom is 0.131 e. The number of aromatic nitrogens is 4. The summed E-state index contributed by atoms with van der Waals surface area (Å²) in [5.41, 5.74) is 0. The summed E-state index contributed by atoms with van der Waals surface area (Å²) in [4.78, 5) is 17.6. The summed E-state index contributed by atoms with van der Waals surface area (Å²) in [6.45, 7) is 3.38. The Labute approximate surface area is 131 Å². The Balaban J connectivity index is 1.47. The lowest BCUT2D eigenvalue weighted by molar-refractivity contribution is 0.211. The van der Waals surface area contributed by atoms with Crippen molar-refractivity contribution in [3.05, 3.63) is 36.8 Å². The molecule has 0 amide bonds. The highest BCUT2D eigenvalue weighted by atomic mass is 15.2. The highest BCUT2D eigenvalue weighted by molar-refractivity contribution is 5.36. The molecule has 0 aliphatic carbocycles. The maximum absolute atomic E-state index is 4.40. The summed E-state index contributed by atoms with van der Waals surface area (Å²) in [5, 5.41) is 0. The van der Waals surface area contributed by atoms with Crippen LogP contribution in [0, 0.1) is 0 Å². The third-order valence-corrected chi connectivity index (χ3v) is 4.61. The van der Waals surface area contributed by atoms with Gasteiger partial charge in [0, 0.05) is 64.8 Å². The smallest absolute Gasteiger partial charge is 0.131 e. The number of aryl methyl sites for hydroxylation is 1. The first-order chi connectivity index (χ1) is 10.7. The molecular formula is C16H24N6. The predicted octanol–water partition coefficient (Wildman–Crippen LogP) is 1.35. The fraction of sp³-hybridized carbons (Fsp3) is 0.562. The molecule has 1 aliphatic heterocycles. The number of hydrogen-bond acceptors (Lipinski definition) is 5. The molecule has 0 saturated carbocycles. The van der Waals surface area contributed by atoms with Crippen molar-refractivity contribution in [3.8, 4) is 0 Å². The topological polar surface area (TPSA) is 50.1 Å². The van der Waals surface area contributed by atoms with Crippen molar-refractivity contribution in [3.63, 3.8) is 0 Å². The first kappa shape index (κ1) is 15.0. The molecule has 3 heterocycles. The van der Waals surface area contributed by atoms with Crippen molar-refractivity contribution >= 4 is 5.82 Å². The van der Waals surface area contributed by atoms with Crippen molar-refractivity contribution in [1.82, 2.24) is 24.4 Å². The number of likely N-dealkylation sites (tertiary alicyclic amines) is 1. The Bertz CT molecular complexity index is 573. The highest BCUT2D eigenvalue weighted by Crippen LogP contribution is 2.19. The lowest BCUT2D eigenvalue weighted by Gasteiger charge is -2.37. The van der Waals surface area contributed by atoms with Crippen molar-refractivity contribution in [2.24, 2.45) is 7.05 Å². The van der Waals surface area contributed by atoms with E-state index in [0.29, 0.717) is 6.04 Å². The first-order valence-electron chi connectivity index (χ1n) is 7.91. The van der Waals surface area contributed by atoms with Crippen LogP contribution in [0.15, 0.2) is 31.0 Å². The van der Waals surface area contributed by atoms with Crippen LogP contribution in [-0.4, -0.2) is 57.1 Å². The fourth-order valence-corrected chi connectivity index (χ4v) is 3.11. The monoisotopic (exact) mass is 300 g/mol. The van der Waals surface area contributed by atoms with E-state index in [0.717, 1.165) is 31.9 Å². The first-order valence-corrected chi connectivity index (χ1v) is 7.91. The average Bonchev–Trinajstić information content (AvgIpc) is 2.99. The van der Waals surface area contributed by atoms with Crippen molar-refractivity contribution in [1.29, 1.82) is 0 Å². The van der Waals surface area contributed by atoms with Crippen LogP contribution >= 0.6 is 0 Å². The Kier molecular flexibility index (Phi) is 4.68. The number of nitrogens with zero attached hydrogens (tertiary/aromatic N) is 6. The van der Waals surface area contributed by atoms with Crippen LogP contribution in [0.3, 0.4) is 0 Å². The maximum atomic E-state index is 4.40. The second-order valence-corrected chi connectivity index (χ2v) is 5.96. The molecule has 1 fully saturated rings. The zero-order valence-corrected chi connectivity index (χ0v) is 13.4. The minimum Gasteiger partial charge on any atom is -0.356 e. The van der Waals surface area contributed by atoms with Gasteiger partial charge in [-0.3, -0.25) is 0 Å². The number of anilines is 1. The minimum atomic E-state index is 0.569. The van der Waals surface area contributed by atoms with E-state index in [-0.39, 0.29) is 0 Å². The number of hydrogen-bond donors (Lipinski definition) is 0. The molecule has 0 N–H and O–H groups in total. The molecule has 0 unspecified atom stereocenters. The van der Waals surface area contributed by atoms with Gasteiger partial charge in [-0.1, -0.05) is 0 Å². The molecule has 0 spiro atoms. The number of piperidine rings is 1. The van der Waals surface area contributed by atoms with Gasteiger partial charge in [0.15, 0.2) is 0 Å². The van der Waals surface area contributed by atoms with Crippen LogP contribution < -0.4 is 4.90 Å². The van der Waals surface area contributed by atoms with Gasteiger partial charge in [-0.25, -0.2) is 15.0 Å². The molecular weight excluding hydrogens is 276 g/mol. The third-order valence-electron chi connectivity index (χ3n) is 4.61. The lowest BCUT2D eigenvalue weighted by Crippen LogP contribution is -2.44. The van der Waals surface area contributed by atoms with Gasteiger partial charge in [0.2, 0.25) is 0 Å². The largest absolute Gasteiger partial charge is 0.356 e. The van der Waals surface area contributed by atoms with Gasteiger partial charge in [0.25, 0.3) is 0 Å². The normalized spacial score (nSPS) is 16.8. The van der Waals surface area contributed by atoms with E-state index >= 15 is 0 Å². The predicted molar refractivity (Wildman–Crippen MR) is 86.8 cm³/mol.